The van der Waals surface area contributed by atoms with Crippen LogP contribution in [0.3, 0.4) is 0 Å². The van der Waals surface area contributed by atoms with Crippen molar-refractivity contribution in [1.82, 2.24) is 0 Å². The molecule has 8 rings (SSSR count). The van der Waals surface area contributed by atoms with Gasteiger partial charge in [-0.05, 0) is 78.7 Å². The summed E-state index contributed by atoms with van der Waals surface area (Å²) in [6.45, 7) is 0. The minimum atomic E-state index is 0.913. The Labute approximate surface area is 202 Å². The van der Waals surface area contributed by atoms with Crippen LogP contribution in [0, 0.1) is 0 Å². The quantitative estimate of drug-likeness (QED) is 0.181. The molecule has 0 radical (unpaired) electrons. The van der Waals surface area contributed by atoms with Crippen LogP contribution in [-0.2, 0) is 0 Å². The fourth-order valence-electron chi connectivity index (χ4n) is 5.85. The second-order valence-corrected chi connectivity index (χ2v) is 9.33. The molecule has 7 aromatic rings. The molecule has 0 aliphatic carbocycles. The highest BCUT2D eigenvalue weighted by Gasteiger charge is 2.21. The van der Waals surface area contributed by atoms with Gasteiger partial charge in [0.05, 0.1) is 0 Å². The predicted octanol–water partition coefficient (Wildman–Crippen LogP) is 9.74. The van der Waals surface area contributed by atoms with E-state index in [-0.39, 0.29) is 0 Å². The van der Waals surface area contributed by atoms with Gasteiger partial charge in [0.15, 0.2) is 0 Å². The number of benzene rings is 7. The lowest BCUT2D eigenvalue weighted by Gasteiger charge is -2.22. The molecule has 7 aromatic carbocycles. The van der Waals surface area contributed by atoms with E-state index in [9.17, 15) is 0 Å². The largest absolute Gasteiger partial charge is 0.456 e. The van der Waals surface area contributed by atoms with Gasteiger partial charge in [0.1, 0.15) is 11.5 Å². The monoisotopic (exact) mass is 444 g/mol. The lowest BCUT2D eigenvalue weighted by atomic mass is 9.88. The summed E-state index contributed by atoms with van der Waals surface area (Å²) in [7, 11) is 0. The molecule has 0 spiro atoms. The molecule has 0 saturated carbocycles. The van der Waals surface area contributed by atoms with Crippen molar-refractivity contribution in [2.24, 2.45) is 0 Å². The Morgan fingerprint density at radius 3 is 2.09 bits per heavy atom. The number of hydrogen-bond donors (Lipinski definition) is 0. The molecule has 0 amide bonds. The Morgan fingerprint density at radius 1 is 0.400 bits per heavy atom. The van der Waals surface area contributed by atoms with Gasteiger partial charge in [0.25, 0.3) is 0 Å². The zero-order valence-electron chi connectivity index (χ0n) is 19.0. The van der Waals surface area contributed by atoms with E-state index in [0.29, 0.717) is 0 Å². The van der Waals surface area contributed by atoms with Gasteiger partial charge in [0, 0.05) is 10.9 Å². The molecule has 0 atom stereocenters. The highest BCUT2D eigenvalue weighted by Crippen LogP contribution is 2.48. The van der Waals surface area contributed by atoms with E-state index >= 15 is 0 Å². The summed E-state index contributed by atoms with van der Waals surface area (Å²) < 4.78 is 6.51. The first-order valence-electron chi connectivity index (χ1n) is 12.0. The van der Waals surface area contributed by atoms with Crippen LogP contribution in [0.1, 0.15) is 0 Å². The van der Waals surface area contributed by atoms with Gasteiger partial charge in [-0.25, -0.2) is 0 Å². The number of hydrogen-bond acceptors (Lipinski definition) is 1. The second kappa shape index (κ2) is 6.94. The normalized spacial score (nSPS) is 12.2. The van der Waals surface area contributed by atoms with Crippen LogP contribution in [0.15, 0.2) is 121 Å². The highest BCUT2D eigenvalue weighted by atomic mass is 16.5. The van der Waals surface area contributed by atoms with Gasteiger partial charge in [-0.3, -0.25) is 0 Å². The number of rotatable bonds is 1. The summed E-state index contributed by atoms with van der Waals surface area (Å²) >= 11 is 0. The van der Waals surface area contributed by atoms with Crippen LogP contribution < -0.4 is 4.74 Å². The number of fused-ring (bicyclic) bond motifs is 6. The van der Waals surface area contributed by atoms with Crippen molar-refractivity contribution in [2.75, 3.05) is 0 Å². The fraction of sp³-hybridized carbons (Fsp3) is 0. The van der Waals surface area contributed by atoms with Crippen LogP contribution >= 0.6 is 0 Å². The van der Waals surface area contributed by atoms with Crippen molar-refractivity contribution >= 4 is 43.1 Å². The van der Waals surface area contributed by atoms with Gasteiger partial charge in [-0.2, -0.15) is 0 Å². The van der Waals surface area contributed by atoms with E-state index in [4.69, 9.17) is 4.74 Å². The van der Waals surface area contributed by atoms with Gasteiger partial charge >= 0.3 is 0 Å². The first kappa shape index (κ1) is 18.8. The van der Waals surface area contributed by atoms with Gasteiger partial charge < -0.3 is 4.74 Å². The predicted molar refractivity (Wildman–Crippen MR) is 147 cm³/mol. The maximum atomic E-state index is 6.51. The van der Waals surface area contributed by atoms with Crippen LogP contribution in [0.2, 0.25) is 0 Å². The van der Waals surface area contributed by atoms with E-state index in [1.54, 1.807) is 0 Å². The average molecular weight is 445 g/mol. The van der Waals surface area contributed by atoms with Crippen LogP contribution in [-0.4, -0.2) is 0 Å². The van der Waals surface area contributed by atoms with Crippen LogP contribution in [0.4, 0.5) is 0 Å². The first-order chi connectivity index (χ1) is 17.3. The third kappa shape index (κ3) is 2.64. The summed E-state index contributed by atoms with van der Waals surface area (Å²) in [6, 6.07) is 43.7. The molecular weight excluding hydrogens is 424 g/mol. The Balaban J connectivity index is 1.45. The smallest absolute Gasteiger partial charge is 0.135 e. The number of ether oxygens (including phenoxy) is 1. The fourth-order valence-corrected chi connectivity index (χ4v) is 5.85. The highest BCUT2D eigenvalue weighted by molar-refractivity contribution is 6.20. The first-order valence-corrected chi connectivity index (χ1v) is 12.0. The zero-order valence-corrected chi connectivity index (χ0v) is 19.0. The van der Waals surface area contributed by atoms with E-state index in [0.717, 1.165) is 17.1 Å². The maximum Gasteiger partial charge on any atom is 0.135 e. The molecular formula is C34H20O. The van der Waals surface area contributed by atoms with E-state index < -0.39 is 0 Å². The molecule has 162 valence electrons. The van der Waals surface area contributed by atoms with Gasteiger partial charge in [-0.15, -0.1) is 0 Å². The topological polar surface area (TPSA) is 9.23 Å². The molecule has 1 heteroatoms. The SMILES string of the molecule is c1ccc2c(-c3ccc4c(c3)Oc3cccc5cccc-4c35)c3ccc4ccccc4c3cc2c1. The van der Waals surface area contributed by atoms with Crippen molar-refractivity contribution in [3.63, 3.8) is 0 Å². The Kier molecular flexibility index (Phi) is 3.72. The molecule has 1 aliphatic rings. The lowest BCUT2D eigenvalue weighted by molar-refractivity contribution is 0.487. The van der Waals surface area contributed by atoms with Crippen molar-refractivity contribution < 1.29 is 4.74 Å². The van der Waals surface area contributed by atoms with Crippen molar-refractivity contribution in [3.8, 4) is 33.8 Å². The van der Waals surface area contributed by atoms with Gasteiger partial charge in [-0.1, -0.05) is 97.1 Å². The third-order valence-electron chi connectivity index (χ3n) is 7.42. The molecule has 0 aromatic heterocycles. The van der Waals surface area contributed by atoms with E-state index in [1.165, 1.54) is 59.8 Å². The third-order valence-corrected chi connectivity index (χ3v) is 7.42. The maximum absolute atomic E-state index is 6.51. The molecule has 0 bridgehead atoms. The van der Waals surface area contributed by atoms with Gasteiger partial charge in [0.2, 0.25) is 0 Å². The van der Waals surface area contributed by atoms with Crippen LogP contribution in [0.5, 0.6) is 11.5 Å². The molecule has 0 unspecified atom stereocenters. The molecule has 0 fully saturated rings. The molecule has 1 heterocycles. The average Bonchev–Trinajstić information content (AvgIpc) is 2.92. The molecule has 1 aliphatic heterocycles. The molecule has 0 N–H and O–H groups in total. The molecule has 1 nitrogen and oxygen atoms in total. The summed E-state index contributed by atoms with van der Waals surface area (Å²) in [4.78, 5) is 0. The Hall–Kier alpha value is -4.62. The van der Waals surface area contributed by atoms with E-state index in [1.807, 2.05) is 0 Å². The standard InChI is InChI=1S/C34H20O/c1-3-11-25-21(7-1)15-18-29-30(25)19-23-8-2-4-12-26(23)33(29)24-16-17-27-28-13-5-9-22-10-6-14-31(34(22)28)35-32(27)20-24/h1-20H. The lowest BCUT2D eigenvalue weighted by Crippen LogP contribution is -1.97. The molecule has 0 saturated heterocycles. The molecule has 35 heavy (non-hydrogen) atoms. The van der Waals surface area contributed by atoms with Crippen molar-refractivity contribution in [3.05, 3.63) is 121 Å². The van der Waals surface area contributed by atoms with Crippen molar-refractivity contribution in [2.45, 2.75) is 0 Å². The zero-order chi connectivity index (χ0) is 22.9. The Morgan fingerprint density at radius 2 is 1.17 bits per heavy atom. The minimum absolute atomic E-state index is 0.913. The summed E-state index contributed by atoms with van der Waals surface area (Å²) in [5.74, 6) is 1.84. The minimum Gasteiger partial charge on any atom is -0.456 e. The van der Waals surface area contributed by atoms with Crippen molar-refractivity contribution in [1.29, 1.82) is 0 Å². The van der Waals surface area contributed by atoms with E-state index in [2.05, 4.69) is 121 Å². The summed E-state index contributed by atoms with van der Waals surface area (Å²) in [6.07, 6.45) is 0. The Bertz CT molecular complexity index is 1970. The summed E-state index contributed by atoms with van der Waals surface area (Å²) in [5.41, 5.74) is 4.81. The van der Waals surface area contributed by atoms with Crippen LogP contribution in [0.25, 0.3) is 65.3 Å². The second-order valence-electron chi connectivity index (χ2n) is 9.33. The summed E-state index contributed by atoms with van der Waals surface area (Å²) in [5, 5.41) is 10.0.